The molecule has 1 saturated heterocycles. The molecular weight excluding hydrogens is 323 g/mol. The number of aryl methyl sites for hydroxylation is 1. The molecule has 0 saturated carbocycles. The van der Waals surface area contributed by atoms with Gasteiger partial charge < -0.3 is 20.7 Å². The third-order valence-corrected chi connectivity index (χ3v) is 4.37. The number of rotatable bonds is 9. The number of amides is 1. The van der Waals surface area contributed by atoms with Crippen LogP contribution in [0, 0.1) is 5.92 Å². The molecule has 1 aromatic carbocycles. The van der Waals surface area contributed by atoms with Crippen molar-refractivity contribution in [3.63, 3.8) is 0 Å². The van der Waals surface area contributed by atoms with Crippen LogP contribution in [0.1, 0.15) is 22.8 Å². The number of hydrogen-bond donors (Lipinski definition) is 3. The van der Waals surface area contributed by atoms with Crippen molar-refractivity contribution >= 4 is 19.2 Å². The minimum Gasteiger partial charge on any atom is -0.507 e. The summed E-state index contributed by atoms with van der Waals surface area (Å²) in [5, 5.41) is 19.7. The van der Waals surface area contributed by atoms with Crippen molar-refractivity contribution in [1.29, 1.82) is 0 Å². The summed E-state index contributed by atoms with van der Waals surface area (Å²) in [6.45, 7) is 5.41. The highest BCUT2D eigenvalue weighted by atomic mass is 16.5. The number of nitrogens with zero attached hydrogens (tertiary/aromatic N) is 1. The topological polar surface area (TPSA) is 113 Å². The summed E-state index contributed by atoms with van der Waals surface area (Å²) in [4.78, 5) is 24.6. The average molecular weight is 347 g/mol. The van der Waals surface area contributed by atoms with Crippen molar-refractivity contribution in [2.75, 3.05) is 19.6 Å². The number of aromatic hydroxyl groups is 1. The number of carboxylic acids is 1. The Bertz CT molecular complexity index is 646. The Balaban J connectivity index is 2.02. The lowest BCUT2D eigenvalue weighted by Crippen LogP contribution is -2.55. The van der Waals surface area contributed by atoms with Gasteiger partial charge >= 0.3 is 5.97 Å². The van der Waals surface area contributed by atoms with E-state index in [-0.39, 0.29) is 35.0 Å². The van der Waals surface area contributed by atoms with E-state index in [4.69, 9.17) is 10.5 Å². The molecule has 1 unspecified atom stereocenters. The molecule has 1 aromatic rings. The molecule has 0 aliphatic carbocycles. The number of hydrogen-bond acceptors (Lipinski definition) is 5. The number of benzene rings is 1. The molecule has 0 bridgehead atoms. The molecule has 25 heavy (non-hydrogen) atoms. The third kappa shape index (κ3) is 4.66. The van der Waals surface area contributed by atoms with Crippen LogP contribution in [-0.4, -0.2) is 60.0 Å². The van der Waals surface area contributed by atoms with E-state index in [9.17, 15) is 19.8 Å². The molecule has 4 N–H and O–H groups in total. The Labute approximate surface area is 148 Å². The fraction of sp³-hybridized carbons (Fsp3) is 0.529. The third-order valence-electron chi connectivity index (χ3n) is 4.37. The first kappa shape index (κ1) is 19.1. The van der Waals surface area contributed by atoms with Gasteiger partial charge in [-0.25, -0.2) is 4.79 Å². The quantitative estimate of drug-likeness (QED) is 0.574. The molecule has 7 nitrogen and oxygen atoms in total. The highest BCUT2D eigenvalue weighted by Gasteiger charge is 2.32. The maximum absolute atomic E-state index is 11.5. The van der Waals surface area contributed by atoms with Crippen LogP contribution >= 0.6 is 0 Å². The summed E-state index contributed by atoms with van der Waals surface area (Å²) in [5.74, 6) is -1.86. The predicted molar refractivity (Wildman–Crippen MR) is 94.4 cm³/mol. The lowest BCUT2D eigenvalue weighted by atomic mass is 9.75. The molecule has 2 rings (SSSR count). The predicted octanol–water partition coefficient (Wildman–Crippen LogP) is 0.988. The van der Waals surface area contributed by atoms with E-state index < -0.39 is 5.97 Å². The maximum atomic E-state index is 11.5. The van der Waals surface area contributed by atoms with Gasteiger partial charge in [0.2, 0.25) is 5.91 Å². The van der Waals surface area contributed by atoms with Crippen molar-refractivity contribution in [2.24, 2.45) is 11.7 Å². The van der Waals surface area contributed by atoms with Gasteiger partial charge in [-0.3, -0.25) is 9.69 Å². The Morgan fingerprint density at radius 3 is 2.68 bits per heavy atom. The number of carbonyl (C=O) groups is 2. The molecule has 135 valence electrons. The molecule has 1 amide bonds. The van der Waals surface area contributed by atoms with Gasteiger partial charge in [0, 0.05) is 25.6 Å². The molecule has 0 spiro atoms. The minimum absolute atomic E-state index is 0.168. The van der Waals surface area contributed by atoms with Crippen molar-refractivity contribution in [3.05, 3.63) is 23.3 Å². The summed E-state index contributed by atoms with van der Waals surface area (Å²) in [7, 11) is 1.96. The molecule has 1 radical (unpaired) electrons. The highest BCUT2D eigenvalue weighted by Crippen LogP contribution is 2.33. The van der Waals surface area contributed by atoms with E-state index in [1.54, 1.807) is 19.1 Å². The van der Waals surface area contributed by atoms with Crippen molar-refractivity contribution in [3.8, 4) is 11.5 Å². The monoisotopic (exact) mass is 347 g/mol. The number of phenols is 1. The van der Waals surface area contributed by atoms with Crippen LogP contribution in [0.25, 0.3) is 0 Å². The van der Waals surface area contributed by atoms with Gasteiger partial charge in [-0.1, -0.05) is 26.1 Å². The van der Waals surface area contributed by atoms with Gasteiger partial charge in [0.1, 0.15) is 30.4 Å². The molecular formula is C17H24BN2O5. The van der Waals surface area contributed by atoms with E-state index in [0.717, 1.165) is 6.32 Å². The zero-order valence-corrected chi connectivity index (χ0v) is 14.6. The summed E-state index contributed by atoms with van der Waals surface area (Å²) in [6.07, 6.45) is 1.15. The van der Waals surface area contributed by atoms with Gasteiger partial charge in [-0.2, -0.15) is 0 Å². The van der Waals surface area contributed by atoms with E-state index in [1.165, 1.54) is 0 Å². The summed E-state index contributed by atoms with van der Waals surface area (Å²) in [5.41, 5.74) is 5.64. The van der Waals surface area contributed by atoms with Crippen LogP contribution < -0.4 is 10.5 Å². The normalized spacial score (nSPS) is 16.1. The van der Waals surface area contributed by atoms with Gasteiger partial charge in [-0.05, 0) is 18.1 Å². The number of ether oxygens (including phenoxy) is 1. The lowest BCUT2D eigenvalue weighted by molar-refractivity contribution is -0.122. The van der Waals surface area contributed by atoms with Gasteiger partial charge in [-0.15, -0.1) is 0 Å². The first-order chi connectivity index (χ1) is 11.8. The van der Waals surface area contributed by atoms with E-state index in [0.29, 0.717) is 31.6 Å². The van der Waals surface area contributed by atoms with Crippen LogP contribution in [0.2, 0.25) is 13.1 Å². The number of carboxylic acid groups (broad SMARTS) is 1. The Kier molecular flexibility index (Phi) is 6.30. The molecule has 1 atom stereocenters. The van der Waals surface area contributed by atoms with Crippen molar-refractivity contribution < 1.29 is 24.5 Å². The Hall–Kier alpha value is -2.22. The maximum Gasteiger partial charge on any atom is 0.343 e. The number of nitrogens with two attached hydrogens (primary N) is 1. The number of likely N-dealkylation sites (tertiary alicyclic amines) is 1. The number of primary amides is 1. The second-order valence-corrected chi connectivity index (χ2v) is 6.46. The Morgan fingerprint density at radius 2 is 2.12 bits per heavy atom. The fourth-order valence-electron chi connectivity index (χ4n) is 2.83. The smallest absolute Gasteiger partial charge is 0.343 e. The van der Waals surface area contributed by atoms with Crippen molar-refractivity contribution in [1.82, 2.24) is 4.90 Å². The molecule has 1 heterocycles. The first-order valence-corrected chi connectivity index (χ1v) is 8.37. The first-order valence-electron chi connectivity index (χ1n) is 8.37. The largest absolute Gasteiger partial charge is 0.507 e. The van der Waals surface area contributed by atoms with Crippen LogP contribution in [0.5, 0.6) is 11.5 Å². The second kappa shape index (κ2) is 8.25. The van der Waals surface area contributed by atoms with Gasteiger partial charge in [0.25, 0.3) is 0 Å². The van der Waals surface area contributed by atoms with Gasteiger partial charge in [0.15, 0.2) is 0 Å². The van der Waals surface area contributed by atoms with Crippen LogP contribution in [-0.2, 0) is 11.2 Å². The average Bonchev–Trinajstić information content (AvgIpc) is 2.51. The zero-order valence-electron chi connectivity index (χ0n) is 14.6. The highest BCUT2D eigenvalue weighted by molar-refractivity contribution is 6.33. The van der Waals surface area contributed by atoms with Crippen LogP contribution in [0.3, 0.4) is 0 Å². The number of aromatic carboxylic acids is 1. The molecule has 1 aliphatic heterocycles. The fourth-order valence-corrected chi connectivity index (χ4v) is 2.83. The summed E-state index contributed by atoms with van der Waals surface area (Å²) >= 11 is 0. The lowest BCUT2D eigenvalue weighted by Gasteiger charge is -2.40. The van der Waals surface area contributed by atoms with Crippen molar-refractivity contribution in [2.45, 2.75) is 32.6 Å². The summed E-state index contributed by atoms with van der Waals surface area (Å²) < 4.78 is 5.75. The van der Waals surface area contributed by atoms with E-state index >= 15 is 0 Å². The van der Waals surface area contributed by atoms with Crippen LogP contribution in [0.15, 0.2) is 12.1 Å². The van der Waals surface area contributed by atoms with Gasteiger partial charge in [0.05, 0.1) is 0 Å². The molecule has 1 aliphatic rings. The molecule has 0 aromatic heterocycles. The number of carbonyl (C=O) groups excluding carboxylic acids is 1. The van der Waals surface area contributed by atoms with Crippen LogP contribution in [0.4, 0.5) is 0 Å². The van der Waals surface area contributed by atoms with E-state index in [1.807, 2.05) is 19.0 Å². The SMILES string of the molecule is C[B]CCc1ccc(OC2CN(CC(C)C(N)=O)C2)c(C(=O)O)c1O. The standard InChI is InChI=1S/C17H24BN2O5/c1-10(16(19)22)7-20-8-12(9-20)25-13-4-3-11(5-6-18-2)15(21)14(13)17(23)24/h3-4,10,12,21H,5-9H2,1-2H3,(H2,19,22)(H,23,24). The summed E-state index contributed by atoms with van der Waals surface area (Å²) in [6, 6.07) is 3.30. The minimum atomic E-state index is -1.21. The zero-order chi connectivity index (χ0) is 18.6. The second-order valence-electron chi connectivity index (χ2n) is 6.46. The molecule has 1 fully saturated rings. The Morgan fingerprint density at radius 1 is 1.44 bits per heavy atom. The molecule has 8 heteroatoms. The van der Waals surface area contributed by atoms with E-state index in [2.05, 4.69) is 0 Å².